The summed E-state index contributed by atoms with van der Waals surface area (Å²) in [7, 11) is 1.99. The number of nitrogens with one attached hydrogen (secondary N) is 7. The van der Waals surface area contributed by atoms with Crippen LogP contribution in [0, 0.1) is 0 Å². The fourth-order valence-corrected chi connectivity index (χ4v) is 10.1. The van der Waals surface area contributed by atoms with Gasteiger partial charge in [-0.1, -0.05) is 45.9 Å². The molecule has 2 fully saturated rings. The Hall–Kier alpha value is -7.17. The average molecular weight is 1070 g/mol. The molecule has 11 amide bonds. The Bertz CT molecular complexity index is 2350. The molecule has 0 bridgehead atoms. The van der Waals surface area contributed by atoms with E-state index in [2.05, 4.69) is 37.2 Å². The van der Waals surface area contributed by atoms with Crippen molar-refractivity contribution in [3.05, 3.63) is 59.7 Å². The molecule has 28 heteroatoms. The summed E-state index contributed by atoms with van der Waals surface area (Å²) >= 11 is 0. The molecule has 0 aliphatic carbocycles. The van der Waals surface area contributed by atoms with Crippen LogP contribution >= 0.6 is 21.6 Å². The van der Waals surface area contributed by atoms with Gasteiger partial charge in [0.25, 0.3) is 0 Å². The monoisotopic (exact) mass is 1070 g/mol. The van der Waals surface area contributed by atoms with Gasteiger partial charge in [0.15, 0.2) is 0 Å². The second-order valence-electron chi connectivity index (χ2n) is 17.6. The van der Waals surface area contributed by atoms with Crippen molar-refractivity contribution < 1.29 is 63.0 Å². The van der Waals surface area contributed by atoms with Crippen LogP contribution in [0.15, 0.2) is 48.5 Å². The third-order valence-corrected chi connectivity index (χ3v) is 14.2. The first-order valence-electron chi connectivity index (χ1n) is 23.7. The average Bonchev–Trinajstić information content (AvgIpc) is 3.85. The lowest BCUT2D eigenvalue weighted by Crippen LogP contribution is -2.61. The van der Waals surface area contributed by atoms with Gasteiger partial charge in [0.05, 0.1) is 19.0 Å². The number of hydrogen-bond donors (Lipinski definition) is 14. The molecule has 0 unspecified atom stereocenters. The molecule has 2 aromatic rings. The molecule has 4 rings (SSSR count). The van der Waals surface area contributed by atoms with Crippen LogP contribution in [0.1, 0.15) is 62.5 Å². The SMILES string of the molecule is NCCCC[C@H](NC(=O)[C@@H]1CCCN1C(=O)[C@@H]1CSSC[C@H](N)C(=O)N[C@@H](Cc2ccc(O)cc2)C(=O)N[C@@H](Cc2ccc(O)cc2)C(=O)N[C@@H](CCC(N)=O)C(=O)N[C@@H](CC(N)=O)C(=O)N1)C(=O)NCC(N)=O. The van der Waals surface area contributed by atoms with Crippen LogP contribution in [-0.4, -0.2) is 160 Å². The number of phenolic OH excluding ortho intramolecular Hbond substituents is 2. The third kappa shape index (κ3) is 19.4. The predicted octanol–water partition coefficient (Wildman–Crippen LogP) is -4.62. The molecular weight excluding hydrogens is 1010 g/mol. The van der Waals surface area contributed by atoms with Gasteiger partial charge in [0, 0.05) is 37.3 Å². The highest BCUT2D eigenvalue weighted by atomic mass is 33.1. The summed E-state index contributed by atoms with van der Waals surface area (Å²) in [6.45, 7) is -0.171. The molecule has 2 aliphatic rings. The van der Waals surface area contributed by atoms with Crippen molar-refractivity contribution in [2.45, 2.75) is 113 Å². The number of hydrogen-bond acceptors (Lipinski definition) is 17. The first-order valence-corrected chi connectivity index (χ1v) is 26.2. The molecule has 19 N–H and O–H groups in total. The van der Waals surface area contributed by atoms with Crippen LogP contribution in [0.2, 0.25) is 0 Å². The van der Waals surface area contributed by atoms with Crippen molar-refractivity contribution >= 4 is 86.6 Å². The quantitative estimate of drug-likeness (QED) is 0.0465. The van der Waals surface area contributed by atoms with Gasteiger partial charge in [0.1, 0.15) is 53.8 Å². The number of amides is 11. The molecule has 8 atom stereocenters. The van der Waals surface area contributed by atoms with E-state index in [0.717, 1.165) is 21.6 Å². The zero-order valence-corrected chi connectivity index (χ0v) is 42.0. The lowest BCUT2D eigenvalue weighted by molar-refractivity contribution is -0.142. The zero-order chi connectivity index (χ0) is 54.5. The largest absolute Gasteiger partial charge is 0.508 e. The van der Waals surface area contributed by atoms with E-state index < -0.39 is 139 Å². The van der Waals surface area contributed by atoms with Crippen LogP contribution in [0.3, 0.4) is 0 Å². The number of nitrogens with two attached hydrogens (primary N) is 5. The standard InChI is InChI=1S/C46H65N13O13S2/c47-16-2-1-4-29(40(66)52-21-38(51)64)54-45(71)35-5-3-17-59(35)46(72)34-23-74-73-22-28(48)39(65)55-31(18-24-6-10-26(60)11-7-24)43(69)56-32(19-25-8-12-27(61)13-9-25)42(68)53-30(14-15-36(49)62)41(67)57-33(20-37(50)63)44(70)58-34/h6-13,28-35,60-61H,1-5,14-23,47-48H2,(H2,49,62)(H2,50,63)(H2,51,64)(H,52,66)(H,53,68)(H,54,71)(H,55,65)(H,56,69)(H,57,67)(H,58,70)/t28-,29-,30-,31-,32-,33-,34-,35-/m0/s1. The van der Waals surface area contributed by atoms with Crippen LogP contribution in [0.25, 0.3) is 0 Å². The number of carbonyl (C=O) groups is 11. The van der Waals surface area contributed by atoms with Crippen molar-refractivity contribution in [2.75, 3.05) is 31.1 Å². The Morgan fingerprint density at radius 1 is 0.676 bits per heavy atom. The first-order chi connectivity index (χ1) is 35.1. The minimum absolute atomic E-state index is 0.0210. The molecule has 0 spiro atoms. The van der Waals surface area contributed by atoms with E-state index in [0.29, 0.717) is 36.9 Å². The van der Waals surface area contributed by atoms with Crippen LogP contribution < -0.4 is 65.9 Å². The second kappa shape index (κ2) is 29.5. The minimum Gasteiger partial charge on any atom is -0.508 e. The Balaban J connectivity index is 1.72. The van der Waals surface area contributed by atoms with Gasteiger partial charge in [-0.2, -0.15) is 0 Å². The predicted molar refractivity (Wildman–Crippen MR) is 270 cm³/mol. The van der Waals surface area contributed by atoms with Crippen LogP contribution in [0.4, 0.5) is 0 Å². The van der Waals surface area contributed by atoms with Gasteiger partial charge in [-0.15, -0.1) is 0 Å². The summed E-state index contributed by atoms with van der Waals surface area (Å²) in [6, 6.07) is -0.123. The lowest BCUT2D eigenvalue weighted by atomic mass is 10.0. The molecule has 74 heavy (non-hydrogen) atoms. The molecule has 26 nitrogen and oxygen atoms in total. The summed E-state index contributed by atoms with van der Waals surface area (Å²) in [6.07, 6.45) is -0.657. The Morgan fingerprint density at radius 3 is 1.76 bits per heavy atom. The molecule has 2 saturated heterocycles. The highest BCUT2D eigenvalue weighted by Crippen LogP contribution is 2.26. The Labute approximate surface area is 433 Å². The molecule has 404 valence electrons. The van der Waals surface area contributed by atoms with Gasteiger partial charge in [-0.25, -0.2) is 0 Å². The number of rotatable bonds is 19. The topological polar surface area (TPSA) is 446 Å². The maximum atomic E-state index is 14.6. The number of likely N-dealkylation sites (tertiary alicyclic amines) is 1. The van der Waals surface area contributed by atoms with E-state index in [1.54, 1.807) is 0 Å². The van der Waals surface area contributed by atoms with E-state index in [1.165, 1.54) is 53.4 Å². The van der Waals surface area contributed by atoms with Gasteiger partial charge in [-0.05, 0) is 80.5 Å². The Kier molecular flexibility index (Phi) is 23.7. The minimum atomic E-state index is -1.80. The van der Waals surface area contributed by atoms with Crippen LogP contribution in [0.5, 0.6) is 11.5 Å². The van der Waals surface area contributed by atoms with Crippen molar-refractivity contribution in [3.63, 3.8) is 0 Å². The highest BCUT2D eigenvalue weighted by Gasteiger charge is 2.40. The molecular formula is C46H65N13O13S2. The number of nitrogens with zero attached hydrogens (tertiary/aromatic N) is 1. The van der Waals surface area contributed by atoms with Crippen molar-refractivity contribution in [1.82, 2.24) is 42.1 Å². The maximum absolute atomic E-state index is 14.6. The summed E-state index contributed by atoms with van der Waals surface area (Å²) in [5, 5.41) is 37.5. The van der Waals surface area contributed by atoms with Gasteiger partial charge >= 0.3 is 0 Å². The Morgan fingerprint density at radius 2 is 1.20 bits per heavy atom. The number of unbranched alkanes of at least 4 members (excludes halogenated alkanes) is 1. The normalized spacial score (nSPS) is 22.9. The van der Waals surface area contributed by atoms with Crippen molar-refractivity contribution in [1.29, 1.82) is 0 Å². The number of phenols is 2. The van der Waals surface area contributed by atoms with E-state index in [4.69, 9.17) is 28.7 Å². The highest BCUT2D eigenvalue weighted by molar-refractivity contribution is 8.76. The fourth-order valence-electron chi connectivity index (χ4n) is 7.81. The third-order valence-electron chi connectivity index (χ3n) is 11.7. The van der Waals surface area contributed by atoms with Crippen LogP contribution in [-0.2, 0) is 65.6 Å². The van der Waals surface area contributed by atoms with Gasteiger partial charge in [-0.3, -0.25) is 52.7 Å². The first kappa shape index (κ1) is 59.4. The summed E-state index contributed by atoms with van der Waals surface area (Å²) in [5.74, 6) is -10.4. The maximum Gasteiger partial charge on any atom is 0.246 e. The molecule has 0 saturated carbocycles. The molecule has 0 aromatic heterocycles. The smallest absolute Gasteiger partial charge is 0.246 e. The van der Waals surface area contributed by atoms with E-state index in [1.807, 2.05) is 0 Å². The summed E-state index contributed by atoms with van der Waals surface area (Å²) in [5.41, 5.74) is 29.0. The van der Waals surface area contributed by atoms with Crippen molar-refractivity contribution in [3.8, 4) is 11.5 Å². The molecule has 0 radical (unpaired) electrons. The number of aromatic hydroxyl groups is 2. The van der Waals surface area contributed by atoms with E-state index >= 15 is 0 Å². The number of benzene rings is 2. The molecule has 2 aliphatic heterocycles. The van der Waals surface area contributed by atoms with Gasteiger partial charge < -0.3 is 81.0 Å². The zero-order valence-electron chi connectivity index (χ0n) is 40.4. The summed E-state index contributed by atoms with van der Waals surface area (Å²) < 4.78 is 0. The van der Waals surface area contributed by atoms with E-state index in [-0.39, 0.29) is 55.2 Å². The van der Waals surface area contributed by atoms with E-state index in [9.17, 15) is 63.0 Å². The number of carbonyl (C=O) groups excluding carboxylic acids is 11. The molecule has 2 heterocycles. The van der Waals surface area contributed by atoms with Crippen molar-refractivity contribution in [2.24, 2.45) is 28.7 Å². The van der Waals surface area contributed by atoms with Gasteiger partial charge in [0.2, 0.25) is 65.0 Å². The fraction of sp³-hybridized carbons (Fsp3) is 0.500. The summed E-state index contributed by atoms with van der Waals surface area (Å²) in [4.78, 5) is 149. The molecule has 2 aromatic carbocycles. The number of primary amides is 3. The second-order valence-corrected chi connectivity index (χ2v) is 20.2. The lowest BCUT2D eigenvalue weighted by Gasteiger charge is -2.31.